The van der Waals surface area contributed by atoms with Gasteiger partial charge in [-0.15, -0.1) is 24.0 Å². The number of rotatable bonds is 9. The summed E-state index contributed by atoms with van der Waals surface area (Å²) >= 11 is 0. The first-order valence-electron chi connectivity index (χ1n) is 10.5. The predicted molar refractivity (Wildman–Crippen MR) is 129 cm³/mol. The number of nitrogens with zero attached hydrogens (tertiary/aromatic N) is 2. The molecular weight excluding hydrogens is 481 g/mol. The Balaban J connectivity index is 0.00000420. The van der Waals surface area contributed by atoms with Crippen molar-refractivity contribution < 1.29 is 9.90 Å². The zero-order valence-electron chi connectivity index (χ0n) is 17.6. The molecule has 0 aliphatic carbocycles. The van der Waals surface area contributed by atoms with Gasteiger partial charge in [-0.25, -0.2) is 0 Å². The van der Waals surface area contributed by atoms with Crippen molar-refractivity contribution in [3.8, 4) is 5.75 Å². The lowest BCUT2D eigenvalue weighted by molar-refractivity contribution is 0.0954. The van der Waals surface area contributed by atoms with E-state index >= 15 is 0 Å². The molecule has 0 radical (unpaired) electrons. The van der Waals surface area contributed by atoms with E-state index in [2.05, 4.69) is 32.8 Å². The minimum atomic E-state index is -0.153. The second kappa shape index (κ2) is 14.4. The number of halogens is 1. The topological polar surface area (TPSA) is 89.0 Å². The highest BCUT2D eigenvalue weighted by Crippen LogP contribution is 2.18. The fourth-order valence-corrected chi connectivity index (χ4v) is 3.52. The number of carbonyl (C=O) groups is 1. The number of phenols is 1. The van der Waals surface area contributed by atoms with Crippen molar-refractivity contribution in [2.24, 2.45) is 4.99 Å². The number of carbonyl (C=O) groups excluding carboxylic acids is 1. The van der Waals surface area contributed by atoms with Gasteiger partial charge in [-0.3, -0.25) is 14.7 Å². The summed E-state index contributed by atoms with van der Waals surface area (Å²) in [4.78, 5) is 19.3. The fourth-order valence-electron chi connectivity index (χ4n) is 3.52. The number of amides is 1. The van der Waals surface area contributed by atoms with Crippen LogP contribution in [-0.2, 0) is 0 Å². The number of benzene rings is 1. The SMILES string of the molecule is CCNC(=NCCN1CCCCC1CC)NCCNC(=O)c1ccc(O)cc1.I. The van der Waals surface area contributed by atoms with Crippen molar-refractivity contribution >= 4 is 35.8 Å². The summed E-state index contributed by atoms with van der Waals surface area (Å²) in [5, 5.41) is 18.7. The van der Waals surface area contributed by atoms with Gasteiger partial charge in [-0.05, 0) is 57.0 Å². The van der Waals surface area contributed by atoms with E-state index in [1.807, 2.05) is 6.92 Å². The first kappa shape index (κ1) is 25.5. The summed E-state index contributed by atoms with van der Waals surface area (Å²) < 4.78 is 0. The first-order chi connectivity index (χ1) is 13.6. The van der Waals surface area contributed by atoms with E-state index < -0.39 is 0 Å². The van der Waals surface area contributed by atoms with E-state index in [1.54, 1.807) is 12.1 Å². The lowest BCUT2D eigenvalue weighted by atomic mass is 10.0. The second-order valence-corrected chi connectivity index (χ2v) is 7.08. The number of aromatic hydroxyl groups is 1. The molecule has 4 N–H and O–H groups in total. The maximum Gasteiger partial charge on any atom is 0.251 e. The van der Waals surface area contributed by atoms with Crippen LogP contribution in [0, 0.1) is 0 Å². The summed E-state index contributed by atoms with van der Waals surface area (Å²) in [5.41, 5.74) is 0.533. The Hall–Kier alpha value is -1.55. The number of likely N-dealkylation sites (tertiary alicyclic amines) is 1. The molecule has 0 bridgehead atoms. The molecular formula is C21H36IN5O2. The Morgan fingerprint density at radius 3 is 2.55 bits per heavy atom. The minimum Gasteiger partial charge on any atom is -0.508 e. The van der Waals surface area contributed by atoms with Crippen LogP contribution in [0.25, 0.3) is 0 Å². The second-order valence-electron chi connectivity index (χ2n) is 7.08. The molecule has 1 atom stereocenters. The third-order valence-electron chi connectivity index (χ3n) is 5.05. The molecule has 1 fully saturated rings. The third-order valence-corrected chi connectivity index (χ3v) is 5.05. The summed E-state index contributed by atoms with van der Waals surface area (Å²) in [7, 11) is 0. The molecule has 164 valence electrons. The molecule has 0 spiro atoms. The van der Waals surface area contributed by atoms with Crippen molar-refractivity contribution in [1.29, 1.82) is 0 Å². The number of guanidine groups is 1. The van der Waals surface area contributed by atoms with Gasteiger partial charge in [0.1, 0.15) is 5.75 Å². The summed E-state index contributed by atoms with van der Waals surface area (Å²) in [6.07, 6.45) is 5.15. The minimum absolute atomic E-state index is 0. The van der Waals surface area contributed by atoms with E-state index in [-0.39, 0.29) is 35.6 Å². The lowest BCUT2D eigenvalue weighted by Gasteiger charge is -2.34. The first-order valence-corrected chi connectivity index (χ1v) is 10.5. The van der Waals surface area contributed by atoms with Gasteiger partial charge in [-0.1, -0.05) is 13.3 Å². The molecule has 1 saturated heterocycles. The fraction of sp³-hybridized carbons (Fsp3) is 0.619. The predicted octanol–water partition coefficient (Wildman–Crippen LogP) is 2.56. The summed E-state index contributed by atoms with van der Waals surface area (Å²) in [6.45, 7) is 9.14. The zero-order valence-corrected chi connectivity index (χ0v) is 19.9. The van der Waals surface area contributed by atoms with Gasteiger partial charge in [-0.2, -0.15) is 0 Å². The van der Waals surface area contributed by atoms with Crippen LogP contribution >= 0.6 is 24.0 Å². The standard InChI is InChI=1S/C21H35N5O2.HI/c1-3-18-7-5-6-15-26(18)16-14-25-21(22-4-2)24-13-12-23-20(28)17-8-10-19(27)11-9-17;/h8-11,18,27H,3-7,12-16H2,1-2H3,(H,23,28)(H2,22,24,25);1H. The maximum atomic E-state index is 12.1. The van der Waals surface area contributed by atoms with Crippen LogP contribution in [0.1, 0.15) is 49.9 Å². The van der Waals surface area contributed by atoms with Crippen molar-refractivity contribution in [1.82, 2.24) is 20.9 Å². The molecule has 1 aromatic carbocycles. The van der Waals surface area contributed by atoms with Crippen LogP contribution in [-0.4, -0.2) is 67.2 Å². The van der Waals surface area contributed by atoms with Crippen LogP contribution in [0.4, 0.5) is 0 Å². The van der Waals surface area contributed by atoms with E-state index in [0.717, 1.165) is 25.6 Å². The number of aliphatic imine (C=N–C) groups is 1. The number of piperidine rings is 1. The highest BCUT2D eigenvalue weighted by Gasteiger charge is 2.19. The van der Waals surface area contributed by atoms with Gasteiger partial charge in [0.15, 0.2) is 5.96 Å². The molecule has 1 aliphatic rings. The van der Waals surface area contributed by atoms with Gasteiger partial charge >= 0.3 is 0 Å². The Kier molecular flexibility index (Phi) is 12.7. The Morgan fingerprint density at radius 2 is 1.86 bits per heavy atom. The van der Waals surface area contributed by atoms with Gasteiger partial charge < -0.3 is 21.1 Å². The number of nitrogens with one attached hydrogen (secondary N) is 3. The van der Waals surface area contributed by atoms with Crippen LogP contribution in [0.5, 0.6) is 5.75 Å². The maximum absolute atomic E-state index is 12.1. The molecule has 1 aliphatic heterocycles. The highest BCUT2D eigenvalue weighted by atomic mass is 127. The van der Waals surface area contributed by atoms with Gasteiger partial charge in [0.2, 0.25) is 0 Å². The Morgan fingerprint density at radius 1 is 1.14 bits per heavy atom. The average molecular weight is 517 g/mol. The normalized spacial score (nSPS) is 17.3. The molecule has 2 rings (SSSR count). The Bertz CT molecular complexity index is 624. The zero-order chi connectivity index (χ0) is 20.2. The van der Waals surface area contributed by atoms with E-state index in [4.69, 9.17) is 0 Å². The van der Waals surface area contributed by atoms with Crippen molar-refractivity contribution in [2.45, 2.75) is 45.6 Å². The number of phenolic OH excluding ortho intramolecular Hbond substituents is 1. The number of hydrogen-bond donors (Lipinski definition) is 4. The molecule has 0 saturated carbocycles. The van der Waals surface area contributed by atoms with Crippen LogP contribution in [0.2, 0.25) is 0 Å². The molecule has 1 aromatic rings. The average Bonchev–Trinajstić information content (AvgIpc) is 2.71. The van der Waals surface area contributed by atoms with E-state index in [1.165, 1.54) is 44.4 Å². The highest BCUT2D eigenvalue weighted by molar-refractivity contribution is 14.0. The van der Waals surface area contributed by atoms with Crippen LogP contribution in [0.3, 0.4) is 0 Å². The van der Waals surface area contributed by atoms with Crippen molar-refractivity contribution in [2.75, 3.05) is 39.3 Å². The van der Waals surface area contributed by atoms with Crippen molar-refractivity contribution in [3.63, 3.8) is 0 Å². The largest absolute Gasteiger partial charge is 0.508 e. The van der Waals surface area contributed by atoms with Crippen LogP contribution in [0.15, 0.2) is 29.3 Å². The quantitative estimate of drug-likeness (QED) is 0.175. The molecule has 1 amide bonds. The molecule has 0 aromatic heterocycles. The Labute approximate surface area is 191 Å². The van der Waals surface area contributed by atoms with E-state index in [9.17, 15) is 9.90 Å². The monoisotopic (exact) mass is 517 g/mol. The summed E-state index contributed by atoms with van der Waals surface area (Å²) in [6, 6.07) is 6.93. The molecule has 8 heteroatoms. The molecule has 1 heterocycles. The molecule has 7 nitrogen and oxygen atoms in total. The van der Waals surface area contributed by atoms with Crippen molar-refractivity contribution in [3.05, 3.63) is 29.8 Å². The molecule has 29 heavy (non-hydrogen) atoms. The summed E-state index contributed by atoms with van der Waals surface area (Å²) in [5.74, 6) is 0.783. The van der Waals surface area contributed by atoms with Gasteiger partial charge in [0.25, 0.3) is 5.91 Å². The number of hydrogen-bond acceptors (Lipinski definition) is 4. The molecule has 1 unspecified atom stereocenters. The van der Waals surface area contributed by atoms with Crippen LogP contribution < -0.4 is 16.0 Å². The van der Waals surface area contributed by atoms with Gasteiger partial charge in [0, 0.05) is 37.8 Å². The van der Waals surface area contributed by atoms with Gasteiger partial charge in [0.05, 0.1) is 6.54 Å². The third kappa shape index (κ3) is 9.20. The lowest BCUT2D eigenvalue weighted by Crippen LogP contribution is -2.43. The smallest absolute Gasteiger partial charge is 0.251 e. The van der Waals surface area contributed by atoms with E-state index in [0.29, 0.717) is 24.7 Å².